The number of aryl methyl sites for hydroxylation is 1. The molecule has 5 rings (SSSR count). The Hall–Kier alpha value is -3.70. The Morgan fingerprint density at radius 2 is 2.06 bits per heavy atom. The van der Waals surface area contributed by atoms with Gasteiger partial charge in [0.1, 0.15) is 11.8 Å². The van der Waals surface area contributed by atoms with Gasteiger partial charge in [-0.15, -0.1) is 0 Å². The van der Waals surface area contributed by atoms with E-state index in [2.05, 4.69) is 39.2 Å². The van der Waals surface area contributed by atoms with Crippen molar-refractivity contribution in [3.63, 3.8) is 0 Å². The monoisotopic (exact) mass is 414 g/mol. The van der Waals surface area contributed by atoms with Crippen molar-refractivity contribution in [1.82, 2.24) is 19.9 Å². The van der Waals surface area contributed by atoms with Crippen molar-refractivity contribution in [1.29, 1.82) is 5.26 Å². The first-order chi connectivity index (χ1) is 15.2. The number of aromatic nitrogens is 3. The van der Waals surface area contributed by atoms with Crippen molar-refractivity contribution in [2.45, 2.75) is 32.4 Å². The fourth-order valence-corrected chi connectivity index (χ4v) is 4.11. The van der Waals surface area contributed by atoms with E-state index >= 15 is 0 Å². The minimum atomic E-state index is 0.229. The van der Waals surface area contributed by atoms with Gasteiger partial charge in [-0.2, -0.15) is 5.26 Å². The lowest BCUT2D eigenvalue weighted by Crippen LogP contribution is -2.24. The molecular formula is C23H22N6O2. The summed E-state index contributed by atoms with van der Waals surface area (Å²) < 4.78 is 11.1. The molecule has 2 aliphatic rings. The molecule has 0 bridgehead atoms. The maximum atomic E-state index is 8.89. The molecular weight excluding hydrogens is 392 g/mol. The number of benzene rings is 1. The van der Waals surface area contributed by atoms with E-state index in [1.54, 1.807) is 24.5 Å². The number of nitriles is 1. The molecule has 1 N–H and O–H groups in total. The minimum absolute atomic E-state index is 0.229. The second-order valence-electron chi connectivity index (χ2n) is 7.73. The van der Waals surface area contributed by atoms with Crippen LogP contribution in [-0.4, -0.2) is 33.2 Å². The molecule has 1 fully saturated rings. The average molecular weight is 414 g/mol. The summed E-state index contributed by atoms with van der Waals surface area (Å²) in [6.07, 6.45) is 5.57. The van der Waals surface area contributed by atoms with Gasteiger partial charge in [-0.3, -0.25) is 4.90 Å². The van der Waals surface area contributed by atoms with Gasteiger partial charge in [-0.1, -0.05) is 0 Å². The molecule has 1 atom stereocenters. The quantitative estimate of drug-likeness (QED) is 0.672. The SMILES string of the molecule is Cc1cc2c(cc1CN1CCCC1c1ccnc(Nc3ccc(C#N)nc3)n1)OCO2. The molecule has 0 aliphatic carbocycles. The summed E-state index contributed by atoms with van der Waals surface area (Å²) >= 11 is 0. The molecule has 1 saturated heterocycles. The summed E-state index contributed by atoms with van der Waals surface area (Å²) in [5, 5.41) is 12.1. The number of hydrogen-bond acceptors (Lipinski definition) is 8. The maximum Gasteiger partial charge on any atom is 0.231 e. The van der Waals surface area contributed by atoms with Gasteiger partial charge in [0.25, 0.3) is 0 Å². The van der Waals surface area contributed by atoms with Crippen LogP contribution in [0.5, 0.6) is 11.5 Å². The van der Waals surface area contributed by atoms with Crippen molar-refractivity contribution in [3.8, 4) is 17.6 Å². The number of rotatable bonds is 5. The first-order valence-corrected chi connectivity index (χ1v) is 10.3. The molecule has 1 aromatic carbocycles. The summed E-state index contributed by atoms with van der Waals surface area (Å²) in [7, 11) is 0. The van der Waals surface area contributed by atoms with Crippen LogP contribution in [0.25, 0.3) is 0 Å². The van der Waals surface area contributed by atoms with E-state index in [1.165, 1.54) is 11.1 Å². The van der Waals surface area contributed by atoms with E-state index in [1.807, 2.05) is 12.1 Å². The van der Waals surface area contributed by atoms with Crippen LogP contribution in [-0.2, 0) is 6.54 Å². The standard InChI is InChI=1S/C23H22N6O2/c1-15-9-21-22(31-14-30-21)10-16(15)13-29-8-2-3-20(29)19-6-7-25-23(28-19)27-18-5-4-17(11-24)26-12-18/h4-7,9-10,12,20H,2-3,8,13-14H2,1H3,(H,25,27,28). The topological polar surface area (TPSA) is 96.2 Å². The van der Waals surface area contributed by atoms with Crippen LogP contribution in [0.2, 0.25) is 0 Å². The molecule has 0 radical (unpaired) electrons. The molecule has 2 aliphatic heterocycles. The van der Waals surface area contributed by atoms with Crippen LogP contribution >= 0.6 is 0 Å². The normalized spacial score (nSPS) is 17.5. The zero-order valence-corrected chi connectivity index (χ0v) is 17.2. The fourth-order valence-electron chi connectivity index (χ4n) is 4.11. The van der Waals surface area contributed by atoms with E-state index in [9.17, 15) is 0 Å². The van der Waals surface area contributed by atoms with Crippen molar-refractivity contribution in [3.05, 3.63) is 65.2 Å². The Labute approximate surface area is 180 Å². The number of likely N-dealkylation sites (tertiary alicyclic amines) is 1. The predicted molar refractivity (Wildman–Crippen MR) is 114 cm³/mol. The molecule has 0 spiro atoms. The summed E-state index contributed by atoms with van der Waals surface area (Å²) in [5.74, 6) is 2.17. The zero-order chi connectivity index (χ0) is 21.2. The third kappa shape index (κ3) is 4.00. The van der Waals surface area contributed by atoms with Gasteiger partial charge in [0, 0.05) is 12.7 Å². The third-order valence-electron chi connectivity index (χ3n) is 5.72. The third-order valence-corrected chi connectivity index (χ3v) is 5.72. The molecule has 2 aromatic heterocycles. The molecule has 0 saturated carbocycles. The van der Waals surface area contributed by atoms with Gasteiger partial charge in [-0.05, 0) is 67.8 Å². The van der Waals surface area contributed by atoms with Gasteiger partial charge < -0.3 is 14.8 Å². The van der Waals surface area contributed by atoms with Crippen molar-refractivity contribution in [2.75, 3.05) is 18.7 Å². The van der Waals surface area contributed by atoms with Crippen LogP contribution in [0.15, 0.2) is 42.7 Å². The number of fused-ring (bicyclic) bond motifs is 1. The van der Waals surface area contributed by atoms with Gasteiger partial charge >= 0.3 is 0 Å². The summed E-state index contributed by atoms with van der Waals surface area (Å²) in [6.45, 7) is 4.25. The van der Waals surface area contributed by atoms with E-state index < -0.39 is 0 Å². The summed E-state index contributed by atoms with van der Waals surface area (Å²) in [6, 6.07) is 11.8. The van der Waals surface area contributed by atoms with Crippen molar-refractivity contribution >= 4 is 11.6 Å². The maximum absolute atomic E-state index is 8.89. The number of hydrogen-bond donors (Lipinski definition) is 1. The lowest BCUT2D eigenvalue weighted by Gasteiger charge is -2.25. The molecule has 3 aromatic rings. The second-order valence-corrected chi connectivity index (χ2v) is 7.73. The number of ether oxygens (including phenoxy) is 2. The van der Waals surface area contributed by atoms with E-state index in [0.717, 1.165) is 48.8 Å². The Bertz CT molecular complexity index is 1140. The van der Waals surface area contributed by atoms with E-state index in [0.29, 0.717) is 11.6 Å². The van der Waals surface area contributed by atoms with Gasteiger partial charge in [-0.25, -0.2) is 15.0 Å². The Morgan fingerprint density at radius 1 is 1.19 bits per heavy atom. The van der Waals surface area contributed by atoms with Crippen LogP contribution in [0.3, 0.4) is 0 Å². The highest BCUT2D eigenvalue weighted by Crippen LogP contribution is 2.37. The van der Waals surface area contributed by atoms with Gasteiger partial charge in [0.05, 0.1) is 23.6 Å². The molecule has 31 heavy (non-hydrogen) atoms. The number of anilines is 2. The average Bonchev–Trinajstić information content (AvgIpc) is 3.44. The fraction of sp³-hybridized carbons (Fsp3) is 0.304. The number of nitrogens with one attached hydrogen (secondary N) is 1. The highest BCUT2D eigenvalue weighted by Gasteiger charge is 2.28. The first kappa shape index (κ1) is 19.3. The smallest absolute Gasteiger partial charge is 0.231 e. The predicted octanol–water partition coefficient (Wildman–Crippen LogP) is 3.86. The first-order valence-electron chi connectivity index (χ1n) is 10.3. The summed E-state index contributed by atoms with van der Waals surface area (Å²) in [4.78, 5) is 15.6. The van der Waals surface area contributed by atoms with E-state index in [-0.39, 0.29) is 12.8 Å². The van der Waals surface area contributed by atoms with Crippen molar-refractivity contribution < 1.29 is 9.47 Å². The van der Waals surface area contributed by atoms with Crippen LogP contribution in [0, 0.1) is 18.3 Å². The highest BCUT2D eigenvalue weighted by molar-refractivity contribution is 5.52. The lowest BCUT2D eigenvalue weighted by atomic mass is 10.1. The largest absolute Gasteiger partial charge is 0.454 e. The van der Waals surface area contributed by atoms with E-state index in [4.69, 9.17) is 19.7 Å². The molecule has 156 valence electrons. The van der Waals surface area contributed by atoms with Crippen LogP contribution in [0.4, 0.5) is 11.6 Å². The van der Waals surface area contributed by atoms with Crippen LogP contribution in [0.1, 0.15) is 41.4 Å². The molecule has 8 nitrogen and oxygen atoms in total. The van der Waals surface area contributed by atoms with Gasteiger partial charge in [0.2, 0.25) is 12.7 Å². The molecule has 0 amide bonds. The van der Waals surface area contributed by atoms with Crippen LogP contribution < -0.4 is 14.8 Å². The molecule has 8 heteroatoms. The zero-order valence-electron chi connectivity index (χ0n) is 17.2. The summed E-state index contributed by atoms with van der Waals surface area (Å²) in [5.41, 5.74) is 4.56. The Morgan fingerprint density at radius 3 is 2.87 bits per heavy atom. The van der Waals surface area contributed by atoms with Crippen molar-refractivity contribution in [2.24, 2.45) is 0 Å². The number of nitrogens with zero attached hydrogens (tertiary/aromatic N) is 5. The number of pyridine rings is 1. The minimum Gasteiger partial charge on any atom is -0.454 e. The lowest BCUT2D eigenvalue weighted by molar-refractivity contribution is 0.174. The molecule has 1 unspecified atom stereocenters. The molecule has 4 heterocycles. The Kier molecular flexibility index (Phi) is 5.10. The second kappa shape index (κ2) is 8.20. The Balaban J connectivity index is 1.33. The highest BCUT2D eigenvalue weighted by atomic mass is 16.7. The van der Waals surface area contributed by atoms with Gasteiger partial charge in [0.15, 0.2) is 11.5 Å².